The van der Waals surface area contributed by atoms with Crippen LogP contribution in [0.4, 0.5) is 5.69 Å². The molecule has 0 fully saturated rings. The number of carbonyl (C=O) groups excluding carboxylic acids is 2. The lowest BCUT2D eigenvalue weighted by Gasteiger charge is -2.06. The molecule has 9 heteroatoms. The van der Waals surface area contributed by atoms with Crippen LogP contribution in [0.2, 0.25) is 0 Å². The molecule has 1 heterocycles. The molecule has 120 valence electrons. The van der Waals surface area contributed by atoms with Gasteiger partial charge < -0.3 is 20.7 Å². The molecule has 2 aromatic rings. The number of benzene rings is 1. The maximum absolute atomic E-state index is 12.0. The zero-order valence-electron chi connectivity index (χ0n) is 12.0. The van der Waals surface area contributed by atoms with E-state index in [1.807, 2.05) is 0 Å². The van der Waals surface area contributed by atoms with Gasteiger partial charge in [0, 0.05) is 16.9 Å². The molecule has 0 saturated heterocycles. The van der Waals surface area contributed by atoms with Crippen LogP contribution in [0.1, 0.15) is 25.7 Å². The lowest BCUT2D eigenvalue weighted by molar-refractivity contribution is -0.135. The van der Waals surface area contributed by atoms with E-state index in [-0.39, 0.29) is 10.4 Å². The number of thiazole rings is 1. The summed E-state index contributed by atoms with van der Waals surface area (Å²) < 4.78 is 0. The number of rotatable bonds is 5. The second kappa shape index (κ2) is 6.88. The number of carboxylic acid groups (broad SMARTS) is 1. The molecule has 0 aliphatic heterocycles. The minimum Gasteiger partial charge on any atom is -0.480 e. The number of hydrogen-bond donors (Lipinski definition) is 4. The Bertz CT molecular complexity index is 807. The fraction of sp³-hybridized carbons (Fsp3) is 0.143. The SMILES string of the molecule is Cc1[nH]c(=O)sc1C(=O)Nc1ccc(C(=O)NCC(=O)O)cc1. The number of carbonyl (C=O) groups is 3. The van der Waals surface area contributed by atoms with Crippen LogP contribution in [0.15, 0.2) is 29.1 Å². The van der Waals surface area contributed by atoms with Crippen LogP contribution in [-0.4, -0.2) is 34.4 Å². The quantitative estimate of drug-likeness (QED) is 0.643. The van der Waals surface area contributed by atoms with Crippen molar-refractivity contribution >= 4 is 34.8 Å². The highest BCUT2D eigenvalue weighted by molar-refractivity contribution is 7.11. The highest BCUT2D eigenvalue weighted by Gasteiger charge is 2.14. The van der Waals surface area contributed by atoms with Crippen LogP contribution in [0.3, 0.4) is 0 Å². The summed E-state index contributed by atoms with van der Waals surface area (Å²) in [6.45, 7) is 1.16. The monoisotopic (exact) mass is 335 g/mol. The lowest BCUT2D eigenvalue weighted by atomic mass is 10.2. The van der Waals surface area contributed by atoms with E-state index in [1.165, 1.54) is 24.3 Å². The van der Waals surface area contributed by atoms with Gasteiger partial charge in [0.1, 0.15) is 11.4 Å². The first-order valence-corrected chi connectivity index (χ1v) is 7.29. The van der Waals surface area contributed by atoms with Crippen LogP contribution in [0, 0.1) is 6.92 Å². The predicted molar refractivity (Wildman–Crippen MR) is 84.0 cm³/mol. The summed E-state index contributed by atoms with van der Waals surface area (Å²) in [6.07, 6.45) is 0. The number of aliphatic carboxylic acids is 1. The van der Waals surface area contributed by atoms with Crippen LogP contribution >= 0.6 is 11.3 Å². The number of H-pyrrole nitrogens is 1. The minimum atomic E-state index is -1.14. The van der Waals surface area contributed by atoms with Crippen LogP contribution in [-0.2, 0) is 4.79 Å². The van der Waals surface area contributed by atoms with Crippen molar-refractivity contribution in [3.8, 4) is 0 Å². The largest absolute Gasteiger partial charge is 0.480 e. The van der Waals surface area contributed by atoms with Gasteiger partial charge in [-0.05, 0) is 31.2 Å². The maximum atomic E-state index is 12.0. The molecule has 0 aliphatic carbocycles. The molecule has 0 unspecified atom stereocenters. The average molecular weight is 335 g/mol. The summed E-state index contributed by atoms with van der Waals surface area (Å²) in [6, 6.07) is 5.94. The maximum Gasteiger partial charge on any atom is 0.322 e. The third-order valence-corrected chi connectivity index (χ3v) is 3.82. The Hall–Kier alpha value is -2.94. The van der Waals surface area contributed by atoms with E-state index in [9.17, 15) is 19.2 Å². The van der Waals surface area contributed by atoms with Gasteiger partial charge in [0.2, 0.25) is 0 Å². The van der Waals surface area contributed by atoms with Gasteiger partial charge in [-0.15, -0.1) is 0 Å². The Kier molecular flexibility index (Phi) is 4.91. The standard InChI is InChI=1S/C14H13N3O5S/c1-7-11(23-14(22)16-7)13(21)17-9-4-2-8(3-5-9)12(20)15-6-10(18)19/h2-5H,6H2,1H3,(H,15,20)(H,16,22)(H,17,21)(H,18,19). The van der Waals surface area contributed by atoms with E-state index >= 15 is 0 Å². The Morgan fingerprint density at radius 1 is 1.17 bits per heavy atom. The molecule has 0 bridgehead atoms. The Labute approximate surface area is 134 Å². The highest BCUT2D eigenvalue weighted by atomic mass is 32.1. The molecule has 0 radical (unpaired) electrons. The summed E-state index contributed by atoms with van der Waals surface area (Å²) >= 11 is 0.816. The van der Waals surface area contributed by atoms with Gasteiger partial charge >= 0.3 is 10.8 Å². The summed E-state index contributed by atoms with van der Waals surface area (Å²) in [5.74, 6) is -2.08. The van der Waals surface area contributed by atoms with Crippen molar-refractivity contribution in [2.24, 2.45) is 0 Å². The first kappa shape index (κ1) is 16.4. The van der Waals surface area contributed by atoms with Gasteiger partial charge in [-0.1, -0.05) is 11.3 Å². The summed E-state index contributed by atoms with van der Waals surface area (Å²) in [4.78, 5) is 47.8. The summed E-state index contributed by atoms with van der Waals surface area (Å²) in [5, 5.41) is 13.3. The van der Waals surface area contributed by atoms with Gasteiger partial charge in [-0.25, -0.2) is 0 Å². The van der Waals surface area contributed by atoms with Gasteiger partial charge in [0.25, 0.3) is 11.8 Å². The van der Waals surface area contributed by atoms with Gasteiger partial charge in [0.05, 0.1) is 0 Å². The van der Waals surface area contributed by atoms with Crippen LogP contribution in [0.5, 0.6) is 0 Å². The van der Waals surface area contributed by atoms with Crippen molar-refractivity contribution in [1.29, 1.82) is 0 Å². The third kappa shape index (κ3) is 4.27. The van der Waals surface area contributed by atoms with E-state index in [4.69, 9.17) is 5.11 Å². The van der Waals surface area contributed by atoms with Crippen molar-refractivity contribution in [2.45, 2.75) is 6.92 Å². The molecule has 0 saturated carbocycles. The van der Waals surface area contributed by atoms with E-state index < -0.39 is 24.3 Å². The van der Waals surface area contributed by atoms with Gasteiger partial charge in [-0.3, -0.25) is 19.2 Å². The number of hydrogen-bond acceptors (Lipinski definition) is 5. The van der Waals surface area contributed by atoms with Crippen molar-refractivity contribution < 1.29 is 19.5 Å². The molecule has 1 aromatic carbocycles. The second-order valence-electron chi connectivity index (χ2n) is 4.58. The first-order chi connectivity index (χ1) is 10.9. The molecule has 23 heavy (non-hydrogen) atoms. The third-order valence-electron chi connectivity index (χ3n) is 2.84. The van der Waals surface area contributed by atoms with Crippen molar-refractivity contribution in [3.63, 3.8) is 0 Å². The van der Waals surface area contributed by atoms with E-state index in [0.29, 0.717) is 16.3 Å². The molecule has 1 aromatic heterocycles. The number of amides is 2. The minimum absolute atomic E-state index is 0.270. The van der Waals surface area contributed by atoms with Gasteiger partial charge in [0.15, 0.2) is 0 Å². The zero-order valence-corrected chi connectivity index (χ0v) is 12.8. The fourth-order valence-electron chi connectivity index (χ4n) is 1.77. The second-order valence-corrected chi connectivity index (χ2v) is 5.56. The molecule has 0 aliphatic rings. The molecular formula is C14H13N3O5S. The first-order valence-electron chi connectivity index (χ1n) is 6.48. The molecular weight excluding hydrogens is 322 g/mol. The lowest BCUT2D eigenvalue weighted by Crippen LogP contribution is -2.29. The number of anilines is 1. The van der Waals surface area contributed by atoms with Crippen molar-refractivity contribution in [1.82, 2.24) is 10.3 Å². The number of aromatic nitrogens is 1. The average Bonchev–Trinajstić information content (AvgIpc) is 2.84. The van der Waals surface area contributed by atoms with Crippen LogP contribution in [0.25, 0.3) is 0 Å². The fourth-order valence-corrected chi connectivity index (χ4v) is 2.51. The normalized spacial score (nSPS) is 10.1. The molecule has 0 spiro atoms. The Morgan fingerprint density at radius 2 is 1.83 bits per heavy atom. The van der Waals surface area contributed by atoms with E-state index in [1.54, 1.807) is 6.92 Å². The number of nitrogens with one attached hydrogen (secondary N) is 3. The predicted octanol–water partition coefficient (Wildman–Crippen LogP) is 0.812. The topological polar surface area (TPSA) is 128 Å². The number of aryl methyl sites for hydroxylation is 1. The van der Waals surface area contributed by atoms with Crippen molar-refractivity contribution in [2.75, 3.05) is 11.9 Å². The van der Waals surface area contributed by atoms with Crippen LogP contribution < -0.4 is 15.5 Å². The van der Waals surface area contributed by atoms with Crippen molar-refractivity contribution in [3.05, 3.63) is 50.1 Å². The molecule has 8 nitrogen and oxygen atoms in total. The van der Waals surface area contributed by atoms with E-state index in [0.717, 1.165) is 11.3 Å². The smallest absolute Gasteiger partial charge is 0.322 e. The van der Waals surface area contributed by atoms with E-state index in [2.05, 4.69) is 15.6 Å². The Morgan fingerprint density at radius 3 is 2.35 bits per heavy atom. The molecule has 4 N–H and O–H groups in total. The summed E-state index contributed by atoms with van der Waals surface area (Å²) in [7, 11) is 0. The zero-order chi connectivity index (χ0) is 17.0. The number of aromatic amines is 1. The number of carboxylic acids is 1. The molecule has 2 amide bonds. The highest BCUT2D eigenvalue weighted by Crippen LogP contribution is 2.14. The molecule has 2 rings (SSSR count). The van der Waals surface area contributed by atoms with Gasteiger partial charge in [-0.2, -0.15) is 0 Å². The summed E-state index contributed by atoms with van der Waals surface area (Å²) in [5.41, 5.74) is 1.21. The molecule has 0 atom stereocenters. The Balaban J connectivity index is 2.04.